The van der Waals surface area contributed by atoms with Gasteiger partial charge in [0.2, 0.25) is 0 Å². The quantitative estimate of drug-likeness (QED) is 0.193. The number of aliphatic hydroxyl groups is 6. The Hall–Kier alpha value is -0.840. The van der Waals surface area contributed by atoms with Crippen LogP contribution in [0.2, 0.25) is 0 Å². The Labute approximate surface area is 264 Å². The summed E-state index contributed by atoms with van der Waals surface area (Å²) in [4.78, 5) is 0. The molecule has 6 N–H and O–H groups in total. The summed E-state index contributed by atoms with van der Waals surface area (Å²) < 4.78 is 12.6. The molecule has 0 aromatic carbocycles. The Morgan fingerprint density at radius 1 is 0.864 bits per heavy atom. The average Bonchev–Trinajstić information content (AvgIpc) is 3.32. The van der Waals surface area contributed by atoms with E-state index < -0.39 is 61.0 Å². The molecule has 5 fully saturated rings. The minimum Gasteiger partial charge on any atom is -0.394 e. The summed E-state index contributed by atoms with van der Waals surface area (Å²) in [6, 6.07) is 0. The predicted molar refractivity (Wildman–Crippen MR) is 168 cm³/mol. The molecule has 0 unspecified atom stereocenters. The molecule has 0 spiro atoms. The zero-order valence-corrected chi connectivity index (χ0v) is 28.2. The molecular formula is C36H60O8. The number of allylic oxidation sites excluding steroid dienone is 4. The van der Waals surface area contributed by atoms with Crippen LogP contribution in [0.5, 0.6) is 0 Å². The van der Waals surface area contributed by atoms with Crippen LogP contribution in [0.15, 0.2) is 23.3 Å². The topological polar surface area (TPSA) is 140 Å². The van der Waals surface area contributed by atoms with E-state index in [4.69, 9.17) is 9.47 Å². The van der Waals surface area contributed by atoms with Crippen molar-refractivity contribution in [2.45, 2.75) is 149 Å². The van der Waals surface area contributed by atoms with Gasteiger partial charge >= 0.3 is 0 Å². The Morgan fingerprint density at radius 2 is 1.55 bits per heavy atom. The van der Waals surface area contributed by atoms with E-state index in [-0.39, 0.29) is 34.0 Å². The minimum atomic E-state index is -1.52. The zero-order valence-electron chi connectivity index (χ0n) is 28.2. The normalized spacial score (nSPS) is 52.1. The van der Waals surface area contributed by atoms with Crippen molar-refractivity contribution in [2.75, 3.05) is 6.61 Å². The lowest BCUT2D eigenvalue weighted by atomic mass is 9.34. The molecule has 0 aromatic rings. The molecule has 0 bridgehead atoms. The third-order valence-corrected chi connectivity index (χ3v) is 13.9. The summed E-state index contributed by atoms with van der Waals surface area (Å²) in [5.74, 6) is 0.506. The average molecular weight is 621 g/mol. The summed E-state index contributed by atoms with van der Waals surface area (Å²) in [6.07, 6.45) is 2.23. The maximum Gasteiger partial charge on any atom is 0.186 e. The molecule has 252 valence electrons. The van der Waals surface area contributed by atoms with Gasteiger partial charge in [-0.15, -0.1) is 0 Å². The van der Waals surface area contributed by atoms with Gasteiger partial charge in [-0.3, -0.25) is 0 Å². The van der Waals surface area contributed by atoms with E-state index in [0.29, 0.717) is 25.2 Å². The second kappa shape index (κ2) is 12.0. The third-order valence-electron chi connectivity index (χ3n) is 13.9. The predicted octanol–water partition coefficient (Wildman–Crippen LogP) is 4.10. The lowest BCUT2D eigenvalue weighted by Crippen LogP contribution is -2.70. The van der Waals surface area contributed by atoms with Gasteiger partial charge in [0.1, 0.15) is 24.4 Å². The van der Waals surface area contributed by atoms with Gasteiger partial charge < -0.3 is 40.1 Å². The first-order valence-corrected chi connectivity index (χ1v) is 17.1. The maximum absolute atomic E-state index is 12.0. The van der Waals surface area contributed by atoms with Crippen molar-refractivity contribution in [1.82, 2.24) is 0 Å². The molecule has 5 aliphatic rings. The Kier molecular flexibility index (Phi) is 9.40. The van der Waals surface area contributed by atoms with Gasteiger partial charge in [0, 0.05) is 0 Å². The molecular weight excluding hydrogens is 560 g/mol. The van der Waals surface area contributed by atoms with Crippen LogP contribution in [0.1, 0.15) is 100 Å². The molecule has 0 aromatic heterocycles. The van der Waals surface area contributed by atoms with Gasteiger partial charge in [0.15, 0.2) is 6.29 Å². The highest BCUT2D eigenvalue weighted by atomic mass is 16.7. The van der Waals surface area contributed by atoms with E-state index in [9.17, 15) is 30.6 Å². The Balaban J connectivity index is 1.55. The van der Waals surface area contributed by atoms with Crippen molar-refractivity contribution in [3.05, 3.63) is 23.3 Å². The summed E-state index contributed by atoms with van der Waals surface area (Å²) in [5.41, 5.74) is 1.49. The second-order valence-corrected chi connectivity index (χ2v) is 16.8. The first kappa shape index (κ1) is 34.5. The van der Waals surface area contributed by atoms with E-state index in [1.54, 1.807) is 0 Å². The van der Waals surface area contributed by atoms with Crippen LogP contribution in [0.3, 0.4) is 0 Å². The van der Waals surface area contributed by atoms with E-state index in [1.165, 1.54) is 11.1 Å². The zero-order chi connectivity index (χ0) is 32.6. The maximum atomic E-state index is 12.0. The van der Waals surface area contributed by atoms with Gasteiger partial charge in [-0.2, -0.15) is 0 Å². The number of hydrogen-bond donors (Lipinski definition) is 6. The molecule has 4 aliphatic carbocycles. The number of rotatable bonds is 6. The number of ether oxygens (including phenoxy) is 2. The van der Waals surface area contributed by atoms with Gasteiger partial charge in [0.05, 0.1) is 24.9 Å². The number of fused-ring (bicyclic) bond motifs is 5. The van der Waals surface area contributed by atoms with Crippen LogP contribution in [-0.4, -0.2) is 86.3 Å². The van der Waals surface area contributed by atoms with Crippen molar-refractivity contribution in [2.24, 2.45) is 45.3 Å². The second-order valence-electron chi connectivity index (χ2n) is 16.8. The van der Waals surface area contributed by atoms with Crippen LogP contribution in [0.25, 0.3) is 0 Å². The lowest BCUT2D eigenvalue weighted by molar-refractivity contribution is -0.346. The smallest absolute Gasteiger partial charge is 0.186 e. The van der Waals surface area contributed by atoms with Gasteiger partial charge in [-0.05, 0) is 111 Å². The molecule has 8 heteroatoms. The Bertz CT molecular complexity index is 1110. The highest BCUT2D eigenvalue weighted by Crippen LogP contribution is 2.76. The van der Waals surface area contributed by atoms with Crippen LogP contribution in [0, 0.1) is 45.3 Å². The van der Waals surface area contributed by atoms with Gasteiger partial charge in [-0.1, -0.05) is 57.9 Å². The molecule has 1 saturated heterocycles. The molecule has 5 rings (SSSR count). The highest BCUT2D eigenvalue weighted by Gasteiger charge is 2.72. The van der Waals surface area contributed by atoms with Crippen LogP contribution in [-0.2, 0) is 9.47 Å². The van der Waals surface area contributed by atoms with Crippen molar-refractivity contribution < 1.29 is 40.1 Å². The lowest BCUT2D eigenvalue weighted by Gasteiger charge is -2.72. The molecule has 44 heavy (non-hydrogen) atoms. The largest absolute Gasteiger partial charge is 0.394 e. The first-order chi connectivity index (χ1) is 20.4. The monoisotopic (exact) mass is 620 g/mol. The van der Waals surface area contributed by atoms with Gasteiger partial charge in [0.25, 0.3) is 0 Å². The van der Waals surface area contributed by atoms with Crippen molar-refractivity contribution >= 4 is 0 Å². The van der Waals surface area contributed by atoms with E-state index in [1.807, 2.05) is 0 Å². The molecule has 15 atom stereocenters. The van der Waals surface area contributed by atoms with E-state index >= 15 is 0 Å². The van der Waals surface area contributed by atoms with Crippen molar-refractivity contribution in [3.63, 3.8) is 0 Å². The molecule has 8 nitrogen and oxygen atoms in total. The third kappa shape index (κ3) is 5.18. The number of aliphatic hydroxyl groups excluding tert-OH is 6. The summed E-state index contributed by atoms with van der Waals surface area (Å²) in [6.45, 7) is 17.2. The molecule has 0 amide bonds. The standard InChI is InChI=1S/C36H60O8/c1-19(2)10-9-11-20(3)21-12-15-35(7)27(21)22(38)16-25-34(6)14-13-26(39)33(4,5)31(34)23(17-36(25,35)8)43-32-30(42)29(41)28(40)24(18-37)44-32/h10-11,21-32,37-42H,9,12-18H2,1-8H3/b20-11+/t21-,22-,23+,24-,25-,26+,27+,28-,29+,30-,31+,32-,34-,35-,36-/m0/s1. The Morgan fingerprint density at radius 3 is 2.18 bits per heavy atom. The molecule has 0 radical (unpaired) electrons. The van der Waals surface area contributed by atoms with E-state index in [2.05, 4.69) is 67.5 Å². The van der Waals surface area contributed by atoms with E-state index in [0.717, 1.165) is 25.7 Å². The fourth-order valence-electron chi connectivity index (χ4n) is 11.5. The summed E-state index contributed by atoms with van der Waals surface area (Å²) in [5, 5.41) is 65.2. The molecule has 1 aliphatic heterocycles. The molecule has 4 saturated carbocycles. The van der Waals surface area contributed by atoms with Crippen molar-refractivity contribution in [3.8, 4) is 0 Å². The fraction of sp³-hybridized carbons (Fsp3) is 0.889. The van der Waals surface area contributed by atoms with Crippen LogP contribution >= 0.6 is 0 Å². The summed E-state index contributed by atoms with van der Waals surface area (Å²) in [7, 11) is 0. The van der Waals surface area contributed by atoms with Crippen molar-refractivity contribution in [1.29, 1.82) is 0 Å². The summed E-state index contributed by atoms with van der Waals surface area (Å²) >= 11 is 0. The van der Waals surface area contributed by atoms with Crippen LogP contribution in [0.4, 0.5) is 0 Å². The fourth-order valence-corrected chi connectivity index (χ4v) is 11.5. The van der Waals surface area contributed by atoms with Gasteiger partial charge in [-0.25, -0.2) is 0 Å². The SMILES string of the molecule is CC(C)=CC/C=C(\C)[C@@H]1CC[C@@]2(C)[C@H]1[C@@H](O)C[C@H]1[C@]3(C)CC[C@@H](O)C(C)(C)[C@H]3[C@H](O[C@H]3O[C@@H](CO)[C@H](O)[C@@H](O)[C@@H]3O)C[C@@]12C. The minimum absolute atomic E-state index is 0.112. The first-order valence-electron chi connectivity index (χ1n) is 17.1. The number of hydrogen-bond acceptors (Lipinski definition) is 8. The molecule has 1 heterocycles. The van der Waals surface area contributed by atoms with Crippen LogP contribution < -0.4 is 0 Å². The highest BCUT2D eigenvalue weighted by molar-refractivity contribution is 5.24.